The van der Waals surface area contributed by atoms with Crippen molar-refractivity contribution in [3.05, 3.63) is 0 Å². The van der Waals surface area contributed by atoms with E-state index in [9.17, 15) is 0 Å². The van der Waals surface area contributed by atoms with E-state index in [1.54, 1.807) is 0 Å². The van der Waals surface area contributed by atoms with E-state index in [1.165, 1.54) is 0 Å². The van der Waals surface area contributed by atoms with Gasteiger partial charge < -0.3 is 4.90 Å². The highest BCUT2D eigenvalue weighted by Crippen LogP contribution is 2.25. The summed E-state index contributed by atoms with van der Waals surface area (Å²) in [6.07, 6.45) is 0. The van der Waals surface area contributed by atoms with Gasteiger partial charge in [-0.3, -0.25) is 5.41 Å². The first-order valence-electron chi connectivity index (χ1n) is 3.05. The van der Waals surface area contributed by atoms with Crippen LogP contribution in [0.15, 0.2) is 0 Å². The molecule has 0 aromatic carbocycles. The standard InChI is InChI=1S/C6H12N2S/c1-8(2)6(7)5-3-9-4-5/h5,7H,3-4H2,1-2H3. The van der Waals surface area contributed by atoms with Gasteiger partial charge in [-0.15, -0.1) is 0 Å². The summed E-state index contributed by atoms with van der Waals surface area (Å²) in [5, 5.41) is 7.51. The normalized spacial score (nSPS) is 18.9. The smallest absolute Gasteiger partial charge is 0.100 e. The van der Waals surface area contributed by atoms with Crippen LogP contribution in [0.25, 0.3) is 0 Å². The Labute approximate surface area is 60.1 Å². The Hall–Kier alpha value is -0.180. The first-order valence-corrected chi connectivity index (χ1v) is 4.21. The van der Waals surface area contributed by atoms with Gasteiger partial charge in [-0.2, -0.15) is 11.8 Å². The quantitative estimate of drug-likeness (QED) is 0.437. The number of thioether (sulfide) groups is 1. The minimum atomic E-state index is 0.546. The lowest BCUT2D eigenvalue weighted by Crippen LogP contribution is -2.36. The Morgan fingerprint density at radius 2 is 2.11 bits per heavy atom. The fourth-order valence-electron chi connectivity index (χ4n) is 0.759. The van der Waals surface area contributed by atoms with E-state index in [4.69, 9.17) is 5.41 Å². The van der Waals surface area contributed by atoms with Crippen molar-refractivity contribution in [1.29, 1.82) is 5.41 Å². The molecule has 0 aromatic rings. The summed E-state index contributed by atoms with van der Waals surface area (Å²) in [5.74, 6) is 3.63. The van der Waals surface area contributed by atoms with Gasteiger partial charge in [0, 0.05) is 31.5 Å². The van der Waals surface area contributed by atoms with E-state index in [0.29, 0.717) is 5.92 Å². The van der Waals surface area contributed by atoms with Gasteiger partial charge in [0.25, 0.3) is 0 Å². The zero-order valence-electron chi connectivity index (χ0n) is 5.85. The van der Waals surface area contributed by atoms with Gasteiger partial charge in [-0.1, -0.05) is 0 Å². The number of nitrogens with one attached hydrogen (secondary N) is 1. The van der Waals surface area contributed by atoms with Crippen LogP contribution in [0, 0.1) is 11.3 Å². The Morgan fingerprint density at radius 3 is 2.22 bits per heavy atom. The largest absolute Gasteiger partial charge is 0.366 e. The molecule has 0 atom stereocenters. The molecular weight excluding hydrogens is 132 g/mol. The summed E-state index contributed by atoms with van der Waals surface area (Å²) < 4.78 is 0. The molecule has 1 fully saturated rings. The molecule has 1 aliphatic heterocycles. The zero-order valence-corrected chi connectivity index (χ0v) is 6.66. The van der Waals surface area contributed by atoms with E-state index in [2.05, 4.69) is 0 Å². The average molecular weight is 144 g/mol. The molecule has 0 saturated carbocycles. The molecule has 0 unspecified atom stereocenters. The van der Waals surface area contributed by atoms with E-state index < -0.39 is 0 Å². The maximum absolute atomic E-state index is 7.51. The van der Waals surface area contributed by atoms with Gasteiger partial charge in [0.1, 0.15) is 5.84 Å². The third-order valence-electron chi connectivity index (χ3n) is 1.51. The van der Waals surface area contributed by atoms with Gasteiger partial charge in [-0.05, 0) is 0 Å². The van der Waals surface area contributed by atoms with Gasteiger partial charge in [0.15, 0.2) is 0 Å². The zero-order chi connectivity index (χ0) is 6.85. The van der Waals surface area contributed by atoms with E-state index in [0.717, 1.165) is 17.3 Å². The molecule has 1 heterocycles. The third-order valence-corrected chi connectivity index (χ3v) is 2.78. The number of rotatable bonds is 1. The highest BCUT2D eigenvalue weighted by Gasteiger charge is 2.23. The van der Waals surface area contributed by atoms with Crippen LogP contribution in [0.4, 0.5) is 0 Å². The number of nitrogens with zero attached hydrogens (tertiary/aromatic N) is 1. The van der Waals surface area contributed by atoms with Crippen LogP contribution in [0.2, 0.25) is 0 Å². The van der Waals surface area contributed by atoms with Crippen LogP contribution >= 0.6 is 11.8 Å². The summed E-state index contributed by atoms with van der Waals surface area (Å²) in [6.45, 7) is 0. The molecule has 1 rings (SSSR count). The van der Waals surface area contributed by atoms with Crippen LogP contribution in [-0.2, 0) is 0 Å². The fourth-order valence-corrected chi connectivity index (χ4v) is 1.55. The van der Waals surface area contributed by atoms with E-state index in [-0.39, 0.29) is 0 Å². The molecule has 0 aromatic heterocycles. The van der Waals surface area contributed by atoms with Crippen molar-refractivity contribution in [1.82, 2.24) is 4.90 Å². The lowest BCUT2D eigenvalue weighted by Gasteiger charge is -2.29. The van der Waals surface area contributed by atoms with Crippen molar-refractivity contribution >= 4 is 17.6 Å². The summed E-state index contributed by atoms with van der Waals surface area (Å²) in [4.78, 5) is 1.89. The molecule has 0 amide bonds. The Morgan fingerprint density at radius 1 is 1.56 bits per heavy atom. The van der Waals surface area contributed by atoms with Gasteiger partial charge >= 0.3 is 0 Å². The van der Waals surface area contributed by atoms with Crippen molar-refractivity contribution in [2.75, 3.05) is 25.6 Å². The molecule has 52 valence electrons. The first-order chi connectivity index (χ1) is 4.22. The number of hydrogen-bond acceptors (Lipinski definition) is 2. The minimum absolute atomic E-state index is 0.546. The van der Waals surface area contributed by atoms with E-state index >= 15 is 0 Å². The van der Waals surface area contributed by atoms with Crippen LogP contribution in [0.5, 0.6) is 0 Å². The second kappa shape index (κ2) is 2.60. The summed E-state index contributed by atoms with van der Waals surface area (Å²) in [5.41, 5.74) is 0. The molecule has 1 N–H and O–H groups in total. The highest BCUT2D eigenvalue weighted by molar-refractivity contribution is 8.00. The van der Waals surface area contributed by atoms with Gasteiger partial charge in [0.05, 0.1) is 0 Å². The van der Waals surface area contributed by atoms with Crippen LogP contribution in [0.1, 0.15) is 0 Å². The van der Waals surface area contributed by atoms with Gasteiger partial charge in [-0.25, -0.2) is 0 Å². The minimum Gasteiger partial charge on any atom is -0.366 e. The summed E-state index contributed by atoms with van der Waals surface area (Å²) in [6, 6.07) is 0. The van der Waals surface area contributed by atoms with Crippen molar-refractivity contribution < 1.29 is 0 Å². The van der Waals surface area contributed by atoms with Crippen molar-refractivity contribution in [3.8, 4) is 0 Å². The second-order valence-corrected chi connectivity index (χ2v) is 3.59. The monoisotopic (exact) mass is 144 g/mol. The van der Waals surface area contributed by atoms with E-state index in [1.807, 2.05) is 30.8 Å². The summed E-state index contributed by atoms with van der Waals surface area (Å²) >= 11 is 1.92. The number of amidine groups is 1. The van der Waals surface area contributed by atoms with Crippen LogP contribution < -0.4 is 0 Å². The topological polar surface area (TPSA) is 27.1 Å². The highest BCUT2D eigenvalue weighted by atomic mass is 32.2. The molecule has 0 radical (unpaired) electrons. The molecule has 9 heavy (non-hydrogen) atoms. The Kier molecular flexibility index (Phi) is 2.01. The second-order valence-electron chi connectivity index (χ2n) is 2.51. The van der Waals surface area contributed by atoms with Crippen molar-refractivity contribution in [2.45, 2.75) is 0 Å². The maximum atomic E-state index is 7.51. The molecule has 0 bridgehead atoms. The molecule has 1 aliphatic rings. The first kappa shape index (κ1) is 6.93. The van der Waals surface area contributed by atoms with Crippen LogP contribution in [0.3, 0.4) is 0 Å². The Balaban J connectivity index is 2.32. The molecule has 0 spiro atoms. The molecule has 0 aliphatic carbocycles. The van der Waals surface area contributed by atoms with Crippen molar-refractivity contribution in [2.24, 2.45) is 5.92 Å². The maximum Gasteiger partial charge on any atom is 0.100 e. The lowest BCUT2D eigenvalue weighted by atomic mass is 10.2. The molecule has 1 saturated heterocycles. The number of hydrogen-bond donors (Lipinski definition) is 1. The predicted octanol–water partition coefficient (Wildman–Crippen LogP) is 0.888. The van der Waals surface area contributed by atoms with Gasteiger partial charge in [0.2, 0.25) is 0 Å². The Bertz CT molecular complexity index is 118. The van der Waals surface area contributed by atoms with Crippen molar-refractivity contribution in [3.63, 3.8) is 0 Å². The summed E-state index contributed by atoms with van der Waals surface area (Å²) in [7, 11) is 3.87. The predicted molar refractivity (Wildman–Crippen MR) is 42.2 cm³/mol. The molecule has 2 nitrogen and oxygen atoms in total. The molecular formula is C6H12N2S. The third kappa shape index (κ3) is 1.39. The lowest BCUT2D eigenvalue weighted by molar-refractivity contribution is 0.567. The average Bonchev–Trinajstić information content (AvgIpc) is 1.60. The SMILES string of the molecule is CN(C)C(=N)C1CSC1. The fraction of sp³-hybridized carbons (Fsp3) is 0.833. The molecule has 3 heteroatoms. The van der Waals surface area contributed by atoms with Crippen LogP contribution in [-0.4, -0.2) is 36.3 Å².